The zero-order valence-electron chi connectivity index (χ0n) is 8.30. The number of H-pyrrole nitrogens is 1. The van der Waals surface area contributed by atoms with E-state index in [-0.39, 0.29) is 10.7 Å². The van der Waals surface area contributed by atoms with Crippen LogP contribution in [0.4, 0.5) is 5.82 Å². The van der Waals surface area contributed by atoms with Gasteiger partial charge in [0.25, 0.3) is 0 Å². The summed E-state index contributed by atoms with van der Waals surface area (Å²) in [6.07, 6.45) is 2.01. The second-order valence-corrected chi connectivity index (χ2v) is 4.51. The smallest absolute Gasteiger partial charge is 0.239 e. The fourth-order valence-corrected chi connectivity index (χ4v) is 1.16. The number of alkyl halides is 1. The molecule has 0 spiro atoms. The Kier molecular flexibility index (Phi) is 4.13. The maximum Gasteiger partial charge on any atom is 0.239 e. The summed E-state index contributed by atoms with van der Waals surface area (Å²) >= 11 is 3.18. The van der Waals surface area contributed by atoms with Gasteiger partial charge in [-0.15, -0.1) is 0 Å². The minimum Gasteiger partial charge on any atom is -0.308 e. The Balaban J connectivity index is 2.55. The predicted octanol–water partition coefficient (Wildman–Crippen LogP) is 2.08. The van der Waals surface area contributed by atoms with E-state index in [0.717, 1.165) is 18.5 Å². The molecule has 0 saturated carbocycles. The van der Waals surface area contributed by atoms with E-state index in [1.807, 2.05) is 6.07 Å². The van der Waals surface area contributed by atoms with E-state index in [9.17, 15) is 4.79 Å². The molecule has 1 rings (SSSR count). The summed E-state index contributed by atoms with van der Waals surface area (Å²) in [4.78, 5) is 11.1. The number of rotatable bonds is 4. The van der Waals surface area contributed by atoms with E-state index < -0.39 is 0 Å². The molecule has 4 nitrogen and oxygen atoms in total. The van der Waals surface area contributed by atoms with Crippen molar-refractivity contribution in [1.29, 1.82) is 0 Å². The molecule has 0 aliphatic heterocycles. The summed E-state index contributed by atoms with van der Waals surface area (Å²) in [6.45, 7) is 3.87. The number of aromatic nitrogens is 2. The molecule has 0 bridgehead atoms. The van der Waals surface area contributed by atoms with Crippen molar-refractivity contribution in [2.45, 2.75) is 31.5 Å². The van der Waals surface area contributed by atoms with Gasteiger partial charge in [0.2, 0.25) is 5.91 Å². The molecule has 0 aliphatic rings. The number of halogens is 1. The zero-order valence-corrected chi connectivity index (χ0v) is 9.89. The van der Waals surface area contributed by atoms with Gasteiger partial charge in [-0.05, 0) is 13.3 Å². The van der Waals surface area contributed by atoms with E-state index >= 15 is 0 Å². The van der Waals surface area contributed by atoms with Crippen LogP contribution in [0.2, 0.25) is 0 Å². The Morgan fingerprint density at radius 3 is 3.07 bits per heavy atom. The van der Waals surface area contributed by atoms with Gasteiger partial charge in [-0.25, -0.2) is 0 Å². The first-order chi connectivity index (χ1) is 6.63. The number of nitrogens with zero attached hydrogens (tertiary/aromatic N) is 1. The second-order valence-electron chi connectivity index (χ2n) is 3.13. The van der Waals surface area contributed by atoms with Gasteiger partial charge in [0.05, 0.1) is 4.83 Å². The summed E-state index contributed by atoms with van der Waals surface area (Å²) in [6, 6.07) is 1.86. The van der Waals surface area contributed by atoms with Crippen LogP contribution in [0.1, 0.15) is 26.0 Å². The lowest BCUT2D eigenvalue weighted by Crippen LogP contribution is -2.20. The van der Waals surface area contributed by atoms with Crippen LogP contribution in [0.15, 0.2) is 6.07 Å². The highest BCUT2D eigenvalue weighted by Crippen LogP contribution is 2.09. The first-order valence-corrected chi connectivity index (χ1v) is 5.54. The normalized spacial score (nSPS) is 12.5. The molecule has 1 amide bonds. The molecule has 2 N–H and O–H groups in total. The highest BCUT2D eigenvalue weighted by Gasteiger charge is 2.10. The summed E-state index contributed by atoms with van der Waals surface area (Å²) in [5.41, 5.74) is 1.05. The maximum atomic E-state index is 11.3. The van der Waals surface area contributed by atoms with Gasteiger partial charge in [0.15, 0.2) is 5.82 Å². The Bertz CT molecular complexity index is 309. The Morgan fingerprint density at radius 2 is 2.50 bits per heavy atom. The summed E-state index contributed by atoms with van der Waals surface area (Å²) in [7, 11) is 0. The van der Waals surface area contributed by atoms with Crippen LogP contribution < -0.4 is 5.32 Å². The van der Waals surface area contributed by atoms with E-state index in [4.69, 9.17) is 0 Å². The van der Waals surface area contributed by atoms with Crippen LogP contribution in [0, 0.1) is 0 Å². The molecule has 1 aromatic rings. The number of aryl methyl sites for hydroxylation is 1. The van der Waals surface area contributed by atoms with Crippen molar-refractivity contribution in [2.75, 3.05) is 5.32 Å². The third kappa shape index (κ3) is 3.14. The standard InChI is InChI=1S/C9H14BrN3O/c1-3-4-7-5-8(13-12-7)11-9(14)6(2)10/h5-6H,3-4H2,1-2H3,(H2,11,12,13,14). The number of hydrogen-bond donors (Lipinski definition) is 2. The Morgan fingerprint density at radius 1 is 1.79 bits per heavy atom. The minimum atomic E-state index is -0.200. The highest BCUT2D eigenvalue weighted by atomic mass is 79.9. The van der Waals surface area contributed by atoms with Crippen molar-refractivity contribution in [2.24, 2.45) is 0 Å². The van der Waals surface area contributed by atoms with E-state index in [1.165, 1.54) is 0 Å². The lowest BCUT2D eigenvalue weighted by molar-refractivity contribution is -0.115. The van der Waals surface area contributed by atoms with Gasteiger partial charge < -0.3 is 5.32 Å². The fourth-order valence-electron chi connectivity index (χ4n) is 1.05. The average molecular weight is 260 g/mol. The van der Waals surface area contributed by atoms with Gasteiger partial charge in [0, 0.05) is 11.8 Å². The molecule has 14 heavy (non-hydrogen) atoms. The minimum absolute atomic E-state index is 0.0838. The quantitative estimate of drug-likeness (QED) is 0.814. The van der Waals surface area contributed by atoms with Crippen molar-refractivity contribution in [1.82, 2.24) is 10.2 Å². The third-order valence-electron chi connectivity index (χ3n) is 1.76. The summed E-state index contributed by atoms with van der Waals surface area (Å²) in [5, 5.41) is 9.54. The van der Waals surface area contributed by atoms with E-state index in [1.54, 1.807) is 6.92 Å². The second kappa shape index (κ2) is 5.14. The molecule has 1 unspecified atom stereocenters. The molecule has 0 fully saturated rings. The molecule has 0 aliphatic carbocycles. The molecule has 1 aromatic heterocycles. The van der Waals surface area contributed by atoms with Crippen LogP contribution in [0.3, 0.4) is 0 Å². The topological polar surface area (TPSA) is 57.8 Å². The zero-order chi connectivity index (χ0) is 10.6. The van der Waals surface area contributed by atoms with Crippen molar-refractivity contribution in [3.8, 4) is 0 Å². The van der Waals surface area contributed by atoms with E-state index in [0.29, 0.717) is 5.82 Å². The largest absolute Gasteiger partial charge is 0.308 e. The number of nitrogens with one attached hydrogen (secondary N) is 2. The van der Waals surface area contributed by atoms with Crippen molar-refractivity contribution in [3.63, 3.8) is 0 Å². The van der Waals surface area contributed by atoms with Crippen LogP contribution in [0.25, 0.3) is 0 Å². The predicted molar refractivity (Wildman–Crippen MR) is 59.6 cm³/mol. The highest BCUT2D eigenvalue weighted by molar-refractivity contribution is 9.10. The fraction of sp³-hybridized carbons (Fsp3) is 0.556. The number of carbonyl (C=O) groups is 1. The maximum absolute atomic E-state index is 11.3. The first-order valence-electron chi connectivity index (χ1n) is 4.62. The number of amides is 1. The van der Waals surface area contributed by atoms with Gasteiger partial charge in [-0.3, -0.25) is 9.89 Å². The first kappa shape index (κ1) is 11.2. The van der Waals surface area contributed by atoms with Crippen molar-refractivity contribution < 1.29 is 4.79 Å². The van der Waals surface area contributed by atoms with Gasteiger partial charge in [0.1, 0.15) is 0 Å². The average Bonchev–Trinajstić information content (AvgIpc) is 2.53. The Labute approximate surface area is 91.6 Å². The molecular formula is C9H14BrN3O. The van der Waals surface area contributed by atoms with Crippen molar-refractivity contribution >= 4 is 27.7 Å². The SMILES string of the molecule is CCCc1cc(NC(=O)C(C)Br)n[nH]1. The lowest BCUT2D eigenvalue weighted by Gasteiger charge is -2.01. The number of aromatic amines is 1. The number of anilines is 1. The third-order valence-corrected chi connectivity index (χ3v) is 2.18. The van der Waals surface area contributed by atoms with Crippen LogP contribution in [-0.4, -0.2) is 20.9 Å². The van der Waals surface area contributed by atoms with E-state index in [2.05, 4.69) is 38.4 Å². The van der Waals surface area contributed by atoms with Crippen LogP contribution in [-0.2, 0) is 11.2 Å². The van der Waals surface area contributed by atoms with Gasteiger partial charge >= 0.3 is 0 Å². The number of carbonyl (C=O) groups excluding carboxylic acids is 1. The lowest BCUT2D eigenvalue weighted by atomic mass is 10.2. The molecule has 1 heterocycles. The van der Waals surface area contributed by atoms with Crippen LogP contribution in [0.5, 0.6) is 0 Å². The number of hydrogen-bond acceptors (Lipinski definition) is 2. The molecule has 0 aromatic carbocycles. The molecule has 78 valence electrons. The summed E-state index contributed by atoms with van der Waals surface area (Å²) in [5.74, 6) is 0.504. The van der Waals surface area contributed by atoms with Crippen LogP contribution >= 0.6 is 15.9 Å². The summed E-state index contributed by atoms with van der Waals surface area (Å²) < 4.78 is 0. The monoisotopic (exact) mass is 259 g/mol. The van der Waals surface area contributed by atoms with Crippen molar-refractivity contribution in [3.05, 3.63) is 11.8 Å². The molecule has 1 atom stereocenters. The molecule has 0 saturated heterocycles. The molecular weight excluding hydrogens is 246 g/mol. The molecule has 5 heteroatoms. The van der Waals surface area contributed by atoms with Gasteiger partial charge in [-0.1, -0.05) is 29.3 Å². The Hall–Kier alpha value is -0.840. The van der Waals surface area contributed by atoms with Gasteiger partial charge in [-0.2, -0.15) is 5.10 Å². The molecule has 0 radical (unpaired) electrons.